The van der Waals surface area contributed by atoms with Gasteiger partial charge in [-0.25, -0.2) is 13.4 Å². The second-order valence-electron chi connectivity index (χ2n) is 7.33. The fourth-order valence-corrected chi connectivity index (χ4v) is 4.52. The zero-order chi connectivity index (χ0) is 22.6. The van der Waals surface area contributed by atoms with E-state index in [0.717, 1.165) is 16.9 Å². The highest BCUT2D eigenvalue weighted by atomic mass is 32.2. The van der Waals surface area contributed by atoms with Gasteiger partial charge < -0.3 is 14.5 Å². The second kappa shape index (κ2) is 9.23. The van der Waals surface area contributed by atoms with Crippen LogP contribution in [-0.4, -0.2) is 36.0 Å². The largest absolute Gasteiger partial charge is 0.486 e. The van der Waals surface area contributed by atoms with Gasteiger partial charge in [-0.15, -0.1) is 0 Å². The third kappa shape index (κ3) is 4.81. The van der Waals surface area contributed by atoms with Crippen molar-refractivity contribution in [3.8, 4) is 5.75 Å². The van der Waals surface area contributed by atoms with E-state index in [1.807, 2.05) is 35.9 Å². The third-order valence-corrected chi connectivity index (χ3v) is 6.73. The molecule has 0 atom stereocenters. The van der Waals surface area contributed by atoms with Crippen molar-refractivity contribution >= 4 is 21.4 Å². The van der Waals surface area contributed by atoms with Crippen LogP contribution >= 0.6 is 0 Å². The molecular formula is C24H23N3O4S. The van der Waals surface area contributed by atoms with Crippen LogP contribution in [0.4, 0.5) is 0 Å². The van der Waals surface area contributed by atoms with E-state index in [1.165, 1.54) is 0 Å². The van der Waals surface area contributed by atoms with Gasteiger partial charge in [-0.3, -0.25) is 4.79 Å². The van der Waals surface area contributed by atoms with Gasteiger partial charge in [0.2, 0.25) is 0 Å². The molecular weight excluding hydrogens is 426 g/mol. The fraction of sp³-hybridized carbons (Fsp3) is 0.167. The number of amides is 1. The molecule has 4 rings (SSSR count). The van der Waals surface area contributed by atoms with Crippen molar-refractivity contribution < 1.29 is 17.9 Å². The molecule has 1 amide bonds. The summed E-state index contributed by atoms with van der Waals surface area (Å²) in [6, 6.07) is 19.0. The Morgan fingerprint density at radius 2 is 1.78 bits per heavy atom. The van der Waals surface area contributed by atoms with E-state index in [4.69, 9.17) is 4.74 Å². The number of hydrogen-bond acceptors (Lipinski definition) is 5. The van der Waals surface area contributed by atoms with E-state index in [0.29, 0.717) is 11.3 Å². The first kappa shape index (κ1) is 21.6. The summed E-state index contributed by atoms with van der Waals surface area (Å²) in [6.45, 7) is 2.19. The zero-order valence-corrected chi connectivity index (χ0v) is 18.4. The maximum atomic E-state index is 12.7. The Morgan fingerprint density at radius 3 is 2.56 bits per heavy atom. The van der Waals surface area contributed by atoms with Crippen LogP contribution in [-0.2, 0) is 16.4 Å². The average Bonchev–Trinajstić information content (AvgIpc) is 3.23. The molecule has 2 aromatic heterocycles. The number of fused-ring (bicyclic) bond motifs is 1. The minimum atomic E-state index is -3.47. The first-order chi connectivity index (χ1) is 15.4. The number of nitrogens with one attached hydrogen (secondary N) is 1. The lowest BCUT2D eigenvalue weighted by molar-refractivity contribution is 0.0951. The van der Waals surface area contributed by atoms with Crippen molar-refractivity contribution in [1.82, 2.24) is 14.7 Å². The highest BCUT2D eigenvalue weighted by molar-refractivity contribution is 7.91. The van der Waals surface area contributed by atoms with Gasteiger partial charge >= 0.3 is 0 Å². The Balaban J connectivity index is 1.40. The number of ether oxygens (including phenoxy) is 1. The van der Waals surface area contributed by atoms with Crippen LogP contribution in [0.5, 0.6) is 5.75 Å². The topological polar surface area (TPSA) is 89.8 Å². The number of rotatable bonds is 8. The standard InChI is InChI=1S/C24H23N3O4S/c1-18-8-7-14-27-16-19(26-23(18)27)17-31-22-12-6-5-11-21(22)24(28)25-13-15-32(29,30)20-9-3-2-4-10-20/h2-12,14,16H,13,15,17H2,1H3,(H,25,28). The fourth-order valence-electron chi connectivity index (χ4n) is 3.35. The summed E-state index contributed by atoms with van der Waals surface area (Å²) in [7, 11) is -3.47. The number of imidazole rings is 1. The van der Waals surface area contributed by atoms with Crippen LogP contribution in [0.3, 0.4) is 0 Å². The molecule has 2 heterocycles. The van der Waals surface area contributed by atoms with Crippen molar-refractivity contribution in [2.24, 2.45) is 0 Å². The van der Waals surface area contributed by atoms with Gasteiger partial charge in [0.15, 0.2) is 9.84 Å². The lowest BCUT2D eigenvalue weighted by atomic mass is 10.2. The Hall–Kier alpha value is -3.65. The highest BCUT2D eigenvalue weighted by Gasteiger charge is 2.16. The number of aryl methyl sites for hydroxylation is 1. The monoisotopic (exact) mass is 449 g/mol. The first-order valence-electron chi connectivity index (χ1n) is 10.1. The maximum absolute atomic E-state index is 12.7. The molecule has 8 heteroatoms. The molecule has 7 nitrogen and oxygen atoms in total. The zero-order valence-electron chi connectivity index (χ0n) is 17.6. The number of aromatic nitrogens is 2. The van der Waals surface area contributed by atoms with E-state index < -0.39 is 15.7 Å². The molecule has 164 valence electrons. The van der Waals surface area contributed by atoms with Crippen molar-refractivity contribution in [3.63, 3.8) is 0 Å². The predicted octanol–water partition coefficient (Wildman–Crippen LogP) is 3.43. The summed E-state index contributed by atoms with van der Waals surface area (Å²) in [4.78, 5) is 17.5. The number of carbonyl (C=O) groups is 1. The molecule has 0 radical (unpaired) electrons. The maximum Gasteiger partial charge on any atom is 0.255 e. The van der Waals surface area contributed by atoms with Crippen molar-refractivity contribution in [2.75, 3.05) is 12.3 Å². The summed E-state index contributed by atoms with van der Waals surface area (Å²) in [5.41, 5.74) is 2.99. The van der Waals surface area contributed by atoms with Crippen molar-refractivity contribution in [2.45, 2.75) is 18.4 Å². The molecule has 0 aliphatic heterocycles. The Labute approximate surface area is 186 Å². The van der Waals surface area contributed by atoms with Crippen LogP contribution in [0.15, 0.2) is 84.0 Å². The molecule has 2 aromatic carbocycles. The number of carbonyl (C=O) groups excluding carboxylic acids is 1. The van der Waals surface area contributed by atoms with Gasteiger partial charge in [0.05, 0.1) is 21.9 Å². The van der Waals surface area contributed by atoms with E-state index in [1.54, 1.807) is 54.6 Å². The number of nitrogens with zero attached hydrogens (tertiary/aromatic N) is 2. The van der Waals surface area contributed by atoms with Gasteiger partial charge in [-0.2, -0.15) is 0 Å². The molecule has 0 aliphatic carbocycles. The molecule has 0 aliphatic rings. The van der Waals surface area contributed by atoms with Crippen LogP contribution in [0, 0.1) is 6.92 Å². The Bertz CT molecular complexity index is 1350. The average molecular weight is 450 g/mol. The first-order valence-corrected chi connectivity index (χ1v) is 11.8. The van der Waals surface area contributed by atoms with E-state index in [-0.39, 0.29) is 23.8 Å². The number of pyridine rings is 1. The molecule has 4 aromatic rings. The van der Waals surface area contributed by atoms with Gasteiger partial charge in [0.1, 0.15) is 18.0 Å². The van der Waals surface area contributed by atoms with Crippen molar-refractivity contribution in [1.29, 1.82) is 0 Å². The van der Waals surface area contributed by atoms with Crippen LogP contribution < -0.4 is 10.1 Å². The number of para-hydroxylation sites is 1. The summed E-state index contributed by atoms with van der Waals surface area (Å²) in [5.74, 6) is -0.175. The van der Waals surface area contributed by atoms with Crippen LogP contribution in [0.2, 0.25) is 0 Å². The van der Waals surface area contributed by atoms with Crippen molar-refractivity contribution in [3.05, 3.63) is 95.9 Å². The number of benzene rings is 2. The molecule has 0 unspecified atom stereocenters. The highest BCUT2D eigenvalue weighted by Crippen LogP contribution is 2.20. The molecule has 0 saturated heterocycles. The molecule has 0 fully saturated rings. The number of sulfone groups is 1. The van der Waals surface area contributed by atoms with Gasteiger partial charge in [-0.1, -0.05) is 36.4 Å². The smallest absolute Gasteiger partial charge is 0.255 e. The summed E-state index contributed by atoms with van der Waals surface area (Å²) in [6.07, 6.45) is 3.81. The Kier molecular flexibility index (Phi) is 6.23. The minimum Gasteiger partial charge on any atom is -0.486 e. The summed E-state index contributed by atoms with van der Waals surface area (Å²) >= 11 is 0. The molecule has 1 N–H and O–H groups in total. The number of hydrogen-bond donors (Lipinski definition) is 1. The van der Waals surface area contributed by atoms with E-state index in [9.17, 15) is 13.2 Å². The van der Waals surface area contributed by atoms with Gasteiger partial charge in [0.25, 0.3) is 5.91 Å². The summed E-state index contributed by atoms with van der Waals surface area (Å²) in [5, 5.41) is 2.67. The lowest BCUT2D eigenvalue weighted by Gasteiger charge is -2.11. The molecule has 32 heavy (non-hydrogen) atoms. The third-order valence-electron chi connectivity index (χ3n) is 4.99. The van der Waals surface area contributed by atoms with Gasteiger partial charge in [0, 0.05) is 18.9 Å². The molecule has 0 spiro atoms. The Morgan fingerprint density at radius 1 is 1.03 bits per heavy atom. The quantitative estimate of drug-likeness (QED) is 0.445. The second-order valence-corrected chi connectivity index (χ2v) is 9.44. The minimum absolute atomic E-state index is 0.00386. The predicted molar refractivity (Wildman–Crippen MR) is 122 cm³/mol. The normalized spacial score (nSPS) is 11.4. The lowest BCUT2D eigenvalue weighted by Crippen LogP contribution is -2.29. The van der Waals surface area contributed by atoms with Crippen LogP contribution in [0.25, 0.3) is 5.65 Å². The van der Waals surface area contributed by atoms with Gasteiger partial charge in [-0.05, 0) is 42.8 Å². The molecule has 0 bridgehead atoms. The summed E-state index contributed by atoms with van der Waals surface area (Å²) < 4.78 is 32.6. The molecule has 0 saturated carbocycles. The van der Waals surface area contributed by atoms with E-state index >= 15 is 0 Å². The SMILES string of the molecule is Cc1cccn2cc(COc3ccccc3C(=O)NCCS(=O)(=O)c3ccccc3)nc12. The van der Waals surface area contributed by atoms with Crippen LogP contribution in [0.1, 0.15) is 21.6 Å². The van der Waals surface area contributed by atoms with E-state index in [2.05, 4.69) is 10.3 Å².